The monoisotopic (exact) mass is 330 g/mol. The Morgan fingerprint density at radius 1 is 0.696 bits per heavy atom. The average Bonchev–Trinajstić information content (AvgIpc) is 3.16. The number of H-pyrrole nitrogens is 2. The minimum atomic E-state index is -1.19. The Kier molecular flexibility index (Phi) is 4.04. The van der Waals surface area contributed by atoms with Crippen LogP contribution in [0.1, 0.15) is 23.9 Å². The van der Waals surface area contributed by atoms with E-state index in [-0.39, 0.29) is 12.4 Å². The Bertz CT molecular complexity index is 805. The first-order valence-electron chi connectivity index (χ1n) is 6.98. The fourth-order valence-electron chi connectivity index (χ4n) is 2.52. The summed E-state index contributed by atoms with van der Waals surface area (Å²) >= 11 is 0. The van der Waals surface area contributed by atoms with Crippen LogP contribution in [0.25, 0.3) is 22.1 Å². The van der Waals surface area contributed by atoms with Gasteiger partial charge in [-0.3, -0.25) is 0 Å². The molecule has 2 aromatic heterocycles. The van der Waals surface area contributed by atoms with E-state index in [9.17, 15) is 10.2 Å². The molecule has 7 heteroatoms. The van der Waals surface area contributed by atoms with Crippen molar-refractivity contribution in [3.05, 3.63) is 60.2 Å². The van der Waals surface area contributed by atoms with Gasteiger partial charge in [0.25, 0.3) is 0 Å². The number of aromatic nitrogens is 4. The number of fused-ring (bicyclic) bond motifs is 2. The standard InChI is InChI=1S/C16H14N4O2.ClH/c21-13(15-17-9-5-1-2-6-10(9)18-15)14(22)16-19-11-7-3-4-8-12(11)20-16;/h1-8,13-14,21-22H,(H,17,18)(H,19,20);1H. The maximum absolute atomic E-state index is 10.4. The summed E-state index contributed by atoms with van der Waals surface area (Å²) in [5, 5.41) is 20.7. The molecule has 0 fully saturated rings. The molecule has 0 radical (unpaired) electrons. The zero-order valence-corrected chi connectivity index (χ0v) is 12.8. The Balaban J connectivity index is 0.00000156. The summed E-state index contributed by atoms with van der Waals surface area (Å²) in [6, 6.07) is 14.9. The van der Waals surface area contributed by atoms with Crippen molar-refractivity contribution in [1.82, 2.24) is 19.9 Å². The number of benzene rings is 2. The molecule has 0 amide bonds. The molecule has 0 saturated heterocycles. The van der Waals surface area contributed by atoms with Crippen molar-refractivity contribution in [3.8, 4) is 0 Å². The van der Waals surface area contributed by atoms with E-state index < -0.39 is 12.2 Å². The largest absolute Gasteiger partial charge is 0.382 e. The third kappa shape index (κ3) is 2.68. The summed E-state index contributed by atoms with van der Waals surface area (Å²) < 4.78 is 0. The summed E-state index contributed by atoms with van der Waals surface area (Å²) in [5.74, 6) is 0.628. The Morgan fingerprint density at radius 3 is 1.48 bits per heavy atom. The topological polar surface area (TPSA) is 97.8 Å². The lowest BCUT2D eigenvalue weighted by Crippen LogP contribution is -2.13. The SMILES string of the molecule is Cl.OC(c1nc2ccccc2[nH]1)C(O)c1nc2ccccc2[nH]1. The molecule has 2 heterocycles. The molecule has 2 unspecified atom stereocenters. The number of aromatic amines is 2. The molecular weight excluding hydrogens is 316 g/mol. The molecular formula is C16H15ClN4O2. The number of aliphatic hydroxyl groups excluding tert-OH is 2. The number of nitrogens with zero attached hydrogens (tertiary/aromatic N) is 2. The molecule has 0 aliphatic carbocycles. The number of para-hydroxylation sites is 4. The van der Waals surface area contributed by atoms with Crippen LogP contribution >= 0.6 is 12.4 Å². The smallest absolute Gasteiger partial charge is 0.145 e. The van der Waals surface area contributed by atoms with Gasteiger partial charge in [-0.25, -0.2) is 9.97 Å². The number of aliphatic hydroxyl groups is 2. The van der Waals surface area contributed by atoms with Crippen molar-refractivity contribution in [2.24, 2.45) is 0 Å². The first kappa shape index (κ1) is 15.5. The highest BCUT2D eigenvalue weighted by atomic mass is 35.5. The van der Waals surface area contributed by atoms with Crippen molar-refractivity contribution in [3.63, 3.8) is 0 Å². The minimum absolute atomic E-state index is 0. The fraction of sp³-hybridized carbons (Fsp3) is 0.125. The molecule has 23 heavy (non-hydrogen) atoms. The van der Waals surface area contributed by atoms with E-state index in [1.165, 1.54) is 0 Å². The van der Waals surface area contributed by atoms with Gasteiger partial charge in [-0.05, 0) is 24.3 Å². The highest BCUT2D eigenvalue weighted by Gasteiger charge is 2.26. The fourth-order valence-corrected chi connectivity index (χ4v) is 2.52. The summed E-state index contributed by atoms with van der Waals surface area (Å²) in [5.41, 5.74) is 3.11. The lowest BCUT2D eigenvalue weighted by molar-refractivity contribution is 0.00780. The van der Waals surface area contributed by atoms with Gasteiger partial charge in [-0.2, -0.15) is 0 Å². The Labute approximate surface area is 137 Å². The lowest BCUT2D eigenvalue weighted by Gasteiger charge is -2.13. The molecule has 4 aromatic rings. The van der Waals surface area contributed by atoms with E-state index in [4.69, 9.17) is 0 Å². The van der Waals surface area contributed by atoms with E-state index in [1.807, 2.05) is 48.5 Å². The lowest BCUT2D eigenvalue weighted by atomic mass is 10.2. The van der Waals surface area contributed by atoms with Crippen LogP contribution in [-0.4, -0.2) is 30.1 Å². The van der Waals surface area contributed by atoms with E-state index in [0.717, 1.165) is 22.1 Å². The number of hydrogen-bond donors (Lipinski definition) is 4. The predicted octanol–water partition coefficient (Wildman–Crippen LogP) is 2.63. The number of hydrogen-bond acceptors (Lipinski definition) is 4. The van der Waals surface area contributed by atoms with Gasteiger partial charge >= 0.3 is 0 Å². The maximum Gasteiger partial charge on any atom is 0.145 e. The van der Waals surface area contributed by atoms with Gasteiger partial charge in [-0.1, -0.05) is 24.3 Å². The van der Waals surface area contributed by atoms with Crippen LogP contribution in [0.3, 0.4) is 0 Å². The summed E-state index contributed by atoms with van der Waals surface area (Å²) in [7, 11) is 0. The normalized spacial score (nSPS) is 13.8. The third-order valence-corrected chi connectivity index (χ3v) is 3.67. The minimum Gasteiger partial charge on any atom is -0.382 e. The summed E-state index contributed by atoms with van der Waals surface area (Å²) in [4.78, 5) is 14.6. The van der Waals surface area contributed by atoms with Gasteiger partial charge in [0.2, 0.25) is 0 Å². The van der Waals surface area contributed by atoms with Crippen LogP contribution in [-0.2, 0) is 0 Å². The van der Waals surface area contributed by atoms with Gasteiger partial charge in [-0.15, -0.1) is 12.4 Å². The molecule has 4 rings (SSSR count). The number of rotatable bonds is 3. The zero-order chi connectivity index (χ0) is 15.1. The van der Waals surface area contributed by atoms with E-state index in [1.54, 1.807) is 0 Å². The molecule has 2 aromatic carbocycles. The Hall–Kier alpha value is -2.41. The van der Waals surface area contributed by atoms with E-state index in [0.29, 0.717) is 11.6 Å². The third-order valence-electron chi connectivity index (χ3n) is 3.67. The quantitative estimate of drug-likeness (QED) is 0.464. The molecule has 0 aliphatic rings. The van der Waals surface area contributed by atoms with Crippen LogP contribution in [0.5, 0.6) is 0 Å². The van der Waals surface area contributed by atoms with Crippen molar-refractivity contribution in [2.75, 3.05) is 0 Å². The molecule has 4 N–H and O–H groups in total. The zero-order valence-electron chi connectivity index (χ0n) is 12.0. The average molecular weight is 331 g/mol. The summed E-state index contributed by atoms with van der Waals surface area (Å²) in [6.45, 7) is 0. The van der Waals surface area contributed by atoms with Gasteiger partial charge in [0.05, 0.1) is 22.1 Å². The van der Waals surface area contributed by atoms with Gasteiger partial charge in [0.15, 0.2) is 0 Å². The van der Waals surface area contributed by atoms with Gasteiger partial charge in [0, 0.05) is 0 Å². The molecule has 0 saturated carbocycles. The highest BCUT2D eigenvalue weighted by Crippen LogP contribution is 2.28. The molecule has 0 spiro atoms. The second kappa shape index (κ2) is 6.00. The first-order chi connectivity index (χ1) is 10.7. The number of nitrogens with one attached hydrogen (secondary N) is 2. The van der Waals surface area contributed by atoms with Crippen molar-refractivity contribution >= 4 is 34.5 Å². The van der Waals surface area contributed by atoms with Crippen LogP contribution in [0.15, 0.2) is 48.5 Å². The van der Waals surface area contributed by atoms with Crippen molar-refractivity contribution in [2.45, 2.75) is 12.2 Å². The molecule has 0 aliphatic heterocycles. The van der Waals surface area contributed by atoms with Gasteiger partial charge < -0.3 is 20.2 Å². The number of halogens is 1. The van der Waals surface area contributed by atoms with E-state index in [2.05, 4.69) is 19.9 Å². The van der Waals surface area contributed by atoms with Gasteiger partial charge in [0.1, 0.15) is 23.9 Å². The second-order valence-electron chi connectivity index (χ2n) is 5.17. The maximum atomic E-state index is 10.4. The molecule has 118 valence electrons. The molecule has 0 bridgehead atoms. The van der Waals surface area contributed by atoms with Crippen LogP contribution in [0.2, 0.25) is 0 Å². The predicted molar refractivity (Wildman–Crippen MR) is 89.4 cm³/mol. The Morgan fingerprint density at radius 2 is 1.09 bits per heavy atom. The number of imidazole rings is 2. The highest BCUT2D eigenvalue weighted by molar-refractivity contribution is 5.85. The van der Waals surface area contributed by atoms with Crippen molar-refractivity contribution < 1.29 is 10.2 Å². The second-order valence-corrected chi connectivity index (χ2v) is 5.17. The molecule has 2 atom stereocenters. The van der Waals surface area contributed by atoms with Crippen LogP contribution in [0, 0.1) is 0 Å². The van der Waals surface area contributed by atoms with Crippen molar-refractivity contribution in [1.29, 1.82) is 0 Å². The first-order valence-corrected chi connectivity index (χ1v) is 6.98. The van der Waals surface area contributed by atoms with Crippen LogP contribution < -0.4 is 0 Å². The van der Waals surface area contributed by atoms with E-state index >= 15 is 0 Å². The van der Waals surface area contributed by atoms with Crippen LogP contribution in [0.4, 0.5) is 0 Å². The summed E-state index contributed by atoms with van der Waals surface area (Å²) in [6.07, 6.45) is -2.37. The molecule has 6 nitrogen and oxygen atoms in total.